The summed E-state index contributed by atoms with van der Waals surface area (Å²) in [5.74, 6) is -1.05. The molecule has 1 amide bonds. The Labute approximate surface area is 185 Å². The van der Waals surface area contributed by atoms with Crippen molar-refractivity contribution in [2.75, 3.05) is 6.61 Å². The van der Waals surface area contributed by atoms with Crippen molar-refractivity contribution in [1.29, 1.82) is 0 Å². The van der Waals surface area contributed by atoms with Crippen molar-refractivity contribution in [1.82, 2.24) is 29.4 Å². The molecule has 0 unspecified atom stereocenters. The first-order chi connectivity index (χ1) is 14.9. The summed E-state index contributed by atoms with van der Waals surface area (Å²) in [6.45, 7) is 0.895. The summed E-state index contributed by atoms with van der Waals surface area (Å²) in [6, 6.07) is 3.77. The van der Waals surface area contributed by atoms with Crippen molar-refractivity contribution < 1.29 is 31.1 Å². The van der Waals surface area contributed by atoms with Crippen LogP contribution in [-0.2, 0) is 16.9 Å². The van der Waals surface area contributed by atoms with E-state index < -0.39 is 40.0 Å². The number of hydrogen-bond acceptors (Lipinski definition) is 7. The number of pyridine rings is 1. The summed E-state index contributed by atoms with van der Waals surface area (Å²) in [5, 5.41) is 7.24. The van der Waals surface area contributed by atoms with Gasteiger partial charge in [0.2, 0.25) is 15.7 Å². The standard InChI is InChI=1S/C17H16ClF3N6O4S/c1-10-12(9-22-26(10)2)32(29,30)16-11(15(28)24-18)3-4-13(23-16)27-7-5-14(25-27)31-8-6-17(19,20)21/h3-5,7,9H,6,8H2,1-2H3,(H,24,28). The molecule has 0 spiro atoms. The minimum atomic E-state index is -4.38. The fraction of sp³-hybridized carbons (Fsp3) is 0.294. The number of nitrogens with one attached hydrogen (secondary N) is 1. The third-order valence-corrected chi connectivity index (χ3v) is 6.32. The van der Waals surface area contributed by atoms with Gasteiger partial charge in [-0.3, -0.25) is 14.3 Å². The summed E-state index contributed by atoms with van der Waals surface area (Å²) < 4.78 is 70.7. The van der Waals surface area contributed by atoms with Gasteiger partial charge < -0.3 is 4.74 Å². The lowest BCUT2D eigenvalue weighted by Crippen LogP contribution is -2.20. The number of rotatable bonds is 7. The molecule has 0 saturated carbocycles. The van der Waals surface area contributed by atoms with Crippen LogP contribution in [0.2, 0.25) is 0 Å². The van der Waals surface area contributed by atoms with E-state index in [4.69, 9.17) is 16.5 Å². The molecule has 1 N–H and O–H groups in total. The quantitative estimate of drug-likeness (QED) is 0.502. The molecule has 0 fully saturated rings. The van der Waals surface area contributed by atoms with Gasteiger partial charge in [-0.2, -0.15) is 18.3 Å². The van der Waals surface area contributed by atoms with Crippen LogP contribution in [-0.4, -0.2) is 51.7 Å². The molecular formula is C17H16ClF3N6O4S. The molecule has 3 aromatic rings. The molecule has 3 aromatic heterocycles. The molecule has 0 aromatic carbocycles. The summed E-state index contributed by atoms with van der Waals surface area (Å²) in [6.07, 6.45) is -3.09. The summed E-state index contributed by atoms with van der Waals surface area (Å²) in [5.41, 5.74) is -0.00492. The first-order valence-corrected chi connectivity index (χ1v) is 10.7. The second-order valence-corrected chi connectivity index (χ2v) is 8.50. The Bertz CT molecular complexity index is 1260. The summed E-state index contributed by atoms with van der Waals surface area (Å²) in [7, 11) is -2.75. The highest BCUT2D eigenvalue weighted by molar-refractivity contribution is 7.91. The normalized spacial score (nSPS) is 12.1. The van der Waals surface area contributed by atoms with E-state index in [0.29, 0.717) is 5.69 Å². The SMILES string of the molecule is Cc1c(S(=O)(=O)c2nc(-n3ccc(OCCC(F)(F)F)n3)ccc2C(=O)NCl)cnn1C. The molecule has 15 heteroatoms. The molecule has 172 valence electrons. The number of nitrogens with zero attached hydrogens (tertiary/aromatic N) is 5. The molecule has 0 atom stereocenters. The van der Waals surface area contributed by atoms with Crippen LogP contribution in [0.3, 0.4) is 0 Å². The molecule has 3 rings (SSSR count). The first-order valence-electron chi connectivity index (χ1n) is 8.85. The monoisotopic (exact) mass is 492 g/mol. The van der Waals surface area contributed by atoms with Gasteiger partial charge in [0.25, 0.3) is 5.91 Å². The van der Waals surface area contributed by atoms with Crippen LogP contribution in [0.15, 0.2) is 40.5 Å². The van der Waals surface area contributed by atoms with E-state index in [-0.39, 0.29) is 22.2 Å². The average Bonchev–Trinajstić information content (AvgIpc) is 3.33. The van der Waals surface area contributed by atoms with Crippen LogP contribution < -0.4 is 9.57 Å². The Kier molecular flexibility index (Phi) is 6.46. The van der Waals surface area contributed by atoms with Crippen molar-refractivity contribution in [2.45, 2.75) is 29.4 Å². The molecule has 0 aliphatic carbocycles. The average molecular weight is 493 g/mol. The third kappa shape index (κ3) is 4.85. The maximum Gasteiger partial charge on any atom is 0.392 e. The van der Waals surface area contributed by atoms with E-state index in [1.54, 1.807) is 7.05 Å². The lowest BCUT2D eigenvalue weighted by Gasteiger charge is -2.10. The third-order valence-electron chi connectivity index (χ3n) is 4.35. The van der Waals surface area contributed by atoms with Gasteiger partial charge in [-0.05, 0) is 19.1 Å². The number of alkyl halides is 3. The van der Waals surface area contributed by atoms with Crippen LogP contribution in [0.4, 0.5) is 13.2 Å². The van der Waals surface area contributed by atoms with Gasteiger partial charge >= 0.3 is 6.18 Å². The molecule has 10 nitrogen and oxygen atoms in total. The van der Waals surface area contributed by atoms with E-state index >= 15 is 0 Å². The highest BCUT2D eigenvalue weighted by Crippen LogP contribution is 2.26. The molecule has 3 heterocycles. The second-order valence-electron chi connectivity index (χ2n) is 6.48. The van der Waals surface area contributed by atoms with Crippen molar-refractivity contribution >= 4 is 27.5 Å². The fourth-order valence-electron chi connectivity index (χ4n) is 2.62. The van der Waals surface area contributed by atoms with E-state index in [2.05, 4.69) is 15.2 Å². The topological polar surface area (TPSA) is 121 Å². The minimum Gasteiger partial charge on any atom is -0.476 e. The van der Waals surface area contributed by atoms with E-state index in [9.17, 15) is 26.4 Å². The van der Waals surface area contributed by atoms with Crippen LogP contribution in [0.5, 0.6) is 5.88 Å². The Morgan fingerprint density at radius 1 is 1.28 bits per heavy atom. The number of hydrogen-bond donors (Lipinski definition) is 1. The summed E-state index contributed by atoms with van der Waals surface area (Å²) in [4.78, 5) is 17.9. The predicted octanol–water partition coefficient (Wildman–Crippen LogP) is 2.36. The van der Waals surface area contributed by atoms with Crippen LogP contribution in [0.1, 0.15) is 22.5 Å². The Morgan fingerprint density at radius 3 is 2.59 bits per heavy atom. The Hall–Kier alpha value is -3.13. The van der Waals surface area contributed by atoms with Gasteiger partial charge in [0.1, 0.15) is 4.90 Å². The molecule has 0 aliphatic heterocycles. The fourth-order valence-corrected chi connectivity index (χ4v) is 4.30. The smallest absolute Gasteiger partial charge is 0.392 e. The highest BCUT2D eigenvalue weighted by atomic mass is 35.5. The number of amides is 1. The van der Waals surface area contributed by atoms with E-state index in [1.807, 2.05) is 4.84 Å². The molecular weight excluding hydrogens is 477 g/mol. The number of halogens is 4. The van der Waals surface area contributed by atoms with Crippen molar-refractivity contribution in [3.05, 3.63) is 41.9 Å². The van der Waals surface area contributed by atoms with Crippen molar-refractivity contribution in [3.63, 3.8) is 0 Å². The van der Waals surface area contributed by atoms with Gasteiger partial charge in [0.15, 0.2) is 10.8 Å². The van der Waals surface area contributed by atoms with E-state index in [0.717, 1.165) is 10.9 Å². The van der Waals surface area contributed by atoms with E-state index in [1.165, 1.54) is 36.0 Å². The predicted molar refractivity (Wildman–Crippen MR) is 104 cm³/mol. The van der Waals surface area contributed by atoms with Crippen LogP contribution in [0, 0.1) is 6.92 Å². The Morgan fingerprint density at radius 2 is 2.00 bits per heavy atom. The number of aryl methyl sites for hydroxylation is 1. The number of carbonyl (C=O) groups excluding carboxylic acids is 1. The van der Waals surface area contributed by atoms with Gasteiger partial charge in [-0.25, -0.2) is 18.1 Å². The number of carbonyl (C=O) groups is 1. The van der Waals surface area contributed by atoms with Crippen molar-refractivity contribution in [3.8, 4) is 11.7 Å². The van der Waals surface area contributed by atoms with Crippen LogP contribution in [0.25, 0.3) is 5.82 Å². The van der Waals surface area contributed by atoms with Gasteiger partial charge in [-0.15, -0.1) is 5.10 Å². The van der Waals surface area contributed by atoms with Gasteiger partial charge in [0.05, 0.1) is 30.5 Å². The van der Waals surface area contributed by atoms with Gasteiger partial charge in [0, 0.05) is 31.1 Å². The lowest BCUT2D eigenvalue weighted by atomic mass is 10.3. The molecule has 0 radical (unpaired) electrons. The maximum absolute atomic E-state index is 13.2. The number of sulfone groups is 1. The Balaban J connectivity index is 2.00. The second kappa shape index (κ2) is 8.78. The minimum absolute atomic E-state index is 0.0260. The molecule has 32 heavy (non-hydrogen) atoms. The number of aromatic nitrogens is 5. The summed E-state index contributed by atoms with van der Waals surface area (Å²) >= 11 is 5.38. The first kappa shape index (κ1) is 23.5. The highest BCUT2D eigenvalue weighted by Gasteiger charge is 2.30. The lowest BCUT2D eigenvalue weighted by molar-refractivity contribution is -0.139. The molecule has 0 aliphatic rings. The zero-order valence-electron chi connectivity index (χ0n) is 16.6. The largest absolute Gasteiger partial charge is 0.476 e. The zero-order valence-corrected chi connectivity index (χ0v) is 18.2. The molecule has 0 saturated heterocycles. The van der Waals surface area contributed by atoms with Crippen LogP contribution >= 0.6 is 11.8 Å². The number of ether oxygens (including phenoxy) is 1. The maximum atomic E-state index is 13.2. The molecule has 0 bridgehead atoms. The van der Waals surface area contributed by atoms with Crippen molar-refractivity contribution in [2.24, 2.45) is 7.05 Å². The van der Waals surface area contributed by atoms with Gasteiger partial charge in [-0.1, -0.05) is 0 Å². The zero-order chi connectivity index (χ0) is 23.7.